The molecular weight excluding hydrogens is 434 g/mol. The van der Waals surface area contributed by atoms with E-state index in [4.69, 9.17) is 14.4 Å². The van der Waals surface area contributed by atoms with E-state index in [1.165, 1.54) is 26.4 Å². The summed E-state index contributed by atoms with van der Waals surface area (Å²) in [5.74, 6) is 5.19. The third kappa shape index (κ3) is 8.26. The average molecular weight is 458 g/mol. The minimum absolute atomic E-state index is 0.00643. The molecule has 0 aliphatic carbocycles. The van der Waals surface area contributed by atoms with Crippen LogP contribution < -0.4 is 4.74 Å². The Morgan fingerprint density at radius 3 is 2.36 bits per heavy atom. The zero-order valence-corrected chi connectivity index (χ0v) is 18.7. The first kappa shape index (κ1) is 25.3. The quantitative estimate of drug-likeness (QED) is 0.239. The van der Waals surface area contributed by atoms with Crippen LogP contribution in [0, 0.1) is 11.8 Å². The number of carbonyl (C=O) groups is 1. The van der Waals surface area contributed by atoms with Crippen molar-refractivity contribution >= 4 is 17.4 Å². The highest BCUT2D eigenvalue weighted by Gasteiger charge is 2.22. The van der Waals surface area contributed by atoms with E-state index < -0.39 is 12.1 Å². The minimum atomic E-state index is -3.25. The van der Waals surface area contributed by atoms with Crippen LogP contribution >= 0.6 is 0 Å². The number of oxime groups is 2. The summed E-state index contributed by atoms with van der Waals surface area (Å²) >= 11 is 0. The first-order valence-corrected chi connectivity index (χ1v) is 9.92. The molecule has 0 atom stereocenters. The van der Waals surface area contributed by atoms with Crippen molar-refractivity contribution in [1.29, 1.82) is 0 Å². The predicted molar refractivity (Wildman–Crippen MR) is 119 cm³/mol. The van der Waals surface area contributed by atoms with Gasteiger partial charge >= 0.3 is 12.1 Å². The van der Waals surface area contributed by atoms with Crippen LogP contribution in [0.4, 0.5) is 8.78 Å². The van der Waals surface area contributed by atoms with E-state index in [1.54, 1.807) is 36.4 Å². The average Bonchev–Trinajstić information content (AvgIpc) is 2.79. The molecule has 0 N–H and O–H groups in total. The van der Waals surface area contributed by atoms with Crippen molar-refractivity contribution in [3.8, 4) is 17.6 Å². The lowest BCUT2D eigenvalue weighted by Crippen LogP contribution is -2.19. The number of esters is 1. The molecule has 0 fully saturated rings. The molecule has 7 nitrogen and oxygen atoms in total. The van der Waals surface area contributed by atoms with Gasteiger partial charge in [-0.1, -0.05) is 47.4 Å². The Kier molecular flexibility index (Phi) is 9.36. The second-order valence-electron chi connectivity index (χ2n) is 6.62. The molecule has 0 aromatic heterocycles. The van der Waals surface area contributed by atoms with Crippen molar-refractivity contribution in [2.24, 2.45) is 10.3 Å². The van der Waals surface area contributed by atoms with Crippen molar-refractivity contribution in [1.82, 2.24) is 0 Å². The number of nitrogens with zero attached hydrogens (tertiary/aromatic N) is 2. The van der Waals surface area contributed by atoms with Crippen molar-refractivity contribution in [2.75, 3.05) is 14.2 Å². The lowest BCUT2D eigenvalue weighted by atomic mass is 10.0. The maximum absolute atomic E-state index is 12.9. The van der Waals surface area contributed by atoms with Crippen LogP contribution in [0.2, 0.25) is 0 Å². The van der Waals surface area contributed by atoms with Crippen molar-refractivity contribution in [2.45, 2.75) is 33.0 Å². The molecule has 0 radical (unpaired) electrons. The number of hydrogen-bond donors (Lipinski definition) is 0. The fraction of sp³-hybridized carbons (Fsp3) is 0.292. The molecule has 0 heterocycles. The van der Waals surface area contributed by atoms with Crippen LogP contribution in [0.15, 0.2) is 58.8 Å². The second-order valence-corrected chi connectivity index (χ2v) is 6.62. The summed E-state index contributed by atoms with van der Waals surface area (Å²) in [6.07, 6.45) is -2.74. The van der Waals surface area contributed by atoms with Gasteiger partial charge < -0.3 is 19.1 Å². The monoisotopic (exact) mass is 458 g/mol. The van der Waals surface area contributed by atoms with Gasteiger partial charge in [-0.15, -0.1) is 0 Å². The van der Waals surface area contributed by atoms with Gasteiger partial charge in [0, 0.05) is 23.6 Å². The van der Waals surface area contributed by atoms with Crippen LogP contribution in [0.25, 0.3) is 0 Å². The molecule has 0 aliphatic rings. The van der Waals surface area contributed by atoms with Gasteiger partial charge in [-0.3, -0.25) is 0 Å². The van der Waals surface area contributed by atoms with Crippen LogP contribution in [0.3, 0.4) is 0 Å². The van der Waals surface area contributed by atoms with Crippen LogP contribution in [0.1, 0.15) is 37.0 Å². The third-order valence-electron chi connectivity index (χ3n) is 4.07. The number of benzene rings is 2. The number of halogens is 2. The van der Waals surface area contributed by atoms with Crippen LogP contribution in [-0.2, 0) is 25.8 Å². The number of ether oxygens (including phenoxy) is 2. The Morgan fingerprint density at radius 2 is 1.76 bits per heavy atom. The molecule has 0 saturated carbocycles. The molecule has 0 bridgehead atoms. The zero-order chi connectivity index (χ0) is 24.3. The van der Waals surface area contributed by atoms with E-state index in [0.29, 0.717) is 35.7 Å². The SMILES string of the molecule is CC/C(C#Cc1ccc(OC(C)(F)F)cc1)=N\OCc1ccccc1/C(=N\OC)C(=O)OC. The summed E-state index contributed by atoms with van der Waals surface area (Å²) < 4.78 is 35.0. The minimum Gasteiger partial charge on any atom is -0.464 e. The highest BCUT2D eigenvalue weighted by molar-refractivity contribution is 6.43. The molecule has 2 rings (SSSR count). The fourth-order valence-electron chi connectivity index (χ4n) is 2.57. The molecule has 9 heteroatoms. The molecule has 0 saturated heterocycles. The van der Waals surface area contributed by atoms with E-state index in [-0.39, 0.29) is 18.1 Å². The molecule has 2 aromatic rings. The lowest BCUT2D eigenvalue weighted by Gasteiger charge is -2.12. The first-order chi connectivity index (χ1) is 15.8. The van der Waals surface area contributed by atoms with Gasteiger partial charge in [0.2, 0.25) is 0 Å². The summed E-state index contributed by atoms with van der Waals surface area (Å²) in [5, 5.41) is 7.81. The summed E-state index contributed by atoms with van der Waals surface area (Å²) in [6.45, 7) is 2.59. The Hall–Kier alpha value is -3.93. The molecule has 0 unspecified atom stereocenters. The first-order valence-electron chi connectivity index (χ1n) is 9.92. The Balaban J connectivity index is 2.11. The summed E-state index contributed by atoms with van der Waals surface area (Å²) in [6, 6.07) is 13.0. The van der Waals surface area contributed by atoms with Crippen molar-refractivity contribution < 1.29 is 32.7 Å². The van der Waals surface area contributed by atoms with E-state index in [9.17, 15) is 13.6 Å². The van der Waals surface area contributed by atoms with Gasteiger partial charge in [0.25, 0.3) is 0 Å². The van der Waals surface area contributed by atoms with Gasteiger partial charge in [0.15, 0.2) is 5.71 Å². The smallest absolute Gasteiger partial charge is 0.394 e. The Labute approximate surface area is 191 Å². The van der Waals surface area contributed by atoms with Gasteiger partial charge in [-0.05, 0) is 36.6 Å². The highest BCUT2D eigenvalue weighted by atomic mass is 19.3. The number of methoxy groups -OCH3 is 1. The van der Waals surface area contributed by atoms with Crippen LogP contribution in [0.5, 0.6) is 5.75 Å². The zero-order valence-electron chi connectivity index (χ0n) is 18.7. The molecule has 2 aromatic carbocycles. The fourth-order valence-corrected chi connectivity index (χ4v) is 2.57. The number of hydrogen-bond acceptors (Lipinski definition) is 7. The molecule has 174 valence electrons. The Bertz CT molecular complexity index is 1060. The topological polar surface area (TPSA) is 78.7 Å². The molecular formula is C24H24F2N2O5. The molecule has 0 spiro atoms. The van der Waals surface area contributed by atoms with E-state index in [0.717, 1.165) is 0 Å². The van der Waals surface area contributed by atoms with Gasteiger partial charge in [-0.25, -0.2) is 4.79 Å². The van der Waals surface area contributed by atoms with E-state index in [2.05, 4.69) is 26.9 Å². The molecule has 0 aliphatic heterocycles. The van der Waals surface area contributed by atoms with E-state index in [1.807, 2.05) is 6.92 Å². The van der Waals surface area contributed by atoms with Crippen molar-refractivity contribution in [3.63, 3.8) is 0 Å². The maximum Gasteiger partial charge on any atom is 0.394 e. The van der Waals surface area contributed by atoms with Gasteiger partial charge in [0.1, 0.15) is 25.2 Å². The maximum atomic E-state index is 12.9. The predicted octanol–water partition coefficient (Wildman–Crippen LogP) is 4.54. The largest absolute Gasteiger partial charge is 0.464 e. The standard InChI is InChI=1S/C24H24F2N2O5/c1-5-19(13-10-17-11-14-20(15-12-17)33-24(2,25)26)27-32-16-18-8-6-7-9-21(18)22(28-31-4)23(29)30-3/h6-9,11-12,14-15H,5,16H2,1-4H3/b27-19+,28-22+. The normalized spacial score (nSPS) is 11.8. The lowest BCUT2D eigenvalue weighted by molar-refractivity contribution is -0.159. The summed E-state index contributed by atoms with van der Waals surface area (Å²) in [5.41, 5.74) is 2.23. The third-order valence-corrected chi connectivity index (χ3v) is 4.07. The van der Waals surface area contributed by atoms with Gasteiger partial charge in [0.05, 0.1) is 7.11 Å². The molecule has 0 amide bonds. The van der Waals surface area contributed by atoms with Crippen molar-refractivity contribution in [3.05, 3.63) is 65.2 Å². The van der Waals surface area contributed by atoms with E-state index >= 15 is 0 Å². The molecule has 33 heavy (non-hydrogen) atoms. The number of alkyl halides is 2. The Morgan fingerprint density at radius 1 is 1.06 bits per heavy atom. The number of rotatable bonds is 9. The summed E-state index contributed by atoms with van der Waals surface area (Å²) in [4.78, 5) is 22.2. The van der Waals surface area contributed by atoms with Crippen LogP contribution in [-0.4, -0.2) is 37.7 Å². The summed E-state index contributed by atoms with van der Waals surface area (Å²) in [7, 11) is 2.58. The highest BCUT2D eigenvalue weighted by Crippen LogP contribution is 2.21. The number of carbonyl (C=O) groups excluding carboxylic acids is 1. The second kappa shape index (κ2) is 12.2. The van der Waals surface area contributed by atoms with Gasteiger partial charge in [-0.2, -0.15) is 8.78 Å².